The molecule has 1 atom stereocenters. The molecule has 0 amide bonds. The Bertz CT molecular complexity index is 476. The molecule has 1 unspecified atom stereocenters. The fourth-order valence-corrected chi connectivity index (χ4v) is 3.88. The van der Waals surface area contributed by atoms with E-state index in [4.69, 9.17) is 25.7 Å². The highest BCUT2D eigenvalue weighted by Gasteiger charge is 2.23. The molecule has 6 heteroatoms. The Morgan fingerprint density at radius 2 is 2.11 bits per heavy atom. The van der Waals surface area contributed by atoms with Gasteiger partial charge in [0.15, 0.2) is 0 Å². The molecule has 0 aliphatic heterocycles. The summed E-state index contributed by atoms with van der Waals surface area (Å²) < 4.78 is 11.3. The monoisotopic (exact) mass is 299 g/mol. The van der Waals surface area contributed by atoms with Crippen LogP contribution in [0.4, 0.5) is 0 Å². The number of nitrogens with zero attached hydrogens (tertiary/aromatic N) is 1. The van der Waals surface area contributed by atoms with Gasteiger partial charge in [0.25, 0.3) is 6.49 Å². The summed E-state index contributed by atoms with van der Waals surface area (Å²) in [6.45, 7) is 5.33. The zero-order valence-electron chi connectivity index (χ0n) is 11.1. The molecule has 19 heavy (non-hydrogen) atoms. The standard InChI is InChI=1S/C13H18NO3PS/c1-4-11-15-14-12(3)17-18(19,16-5-2)13-9-7-6-8-10-13/h4,6-10H,1,5,11H2,2-3H3. The van der Waals surface area contributed by atoms with Gasteiger partial charge in [-0.2, -0.15) is 0 Å². The Morgan fingerprint density at radius 3 is 2.68 bits per heavy atom. The molecule has 1 aromatic rings. The lowest BCUT2D eigenvalue weighted by molar-refractivity contribution is 0.167. The summed E-state index contributed by atoms with van der Waals surface area (Å²) >= 11 is 5.53. The Balaban J connectivity index is 2.86. The molecule has 0 radical (unpaired) electrons. The van der Waals surface area contributed by atoms with Crippen molar-refractivity contribution in [1.82, 2.24) is 0 Å². The van der Waals surface area contributed by atoms with Crippen LogP contribution in [-0.4, -0.2) is 19.1 Å². The molecule has 0 fully saturated rings. The van der Waals surface area contributed by atoms with Crippen molar-refractivity contribution in [2.75, 3.05) is 13.2 Å². The minimum atomic E-state index is -2.58. The van der Waals surface area contributed by atoms with Crippen molar-refractivity contribution in [2.24, 2.45) is 5.16 Å². The average Bonchev–Trinajstić information content (AvgIpc) is 2.40. The maximum absolute atomic E-state index is 5.71. The summed E-state index contributed by atoms with van der Waals surface area (Å²) in [6, 6.07) is 9.52. The normalized spacial score (nSPS) is 14.5. The van der Waals surface area contributed by atoms with E-state index >= 15 is 0 Å². The summed E-state index contributed by atoms with van der Waals surface area (Å²) in [4.78, 5) is 4.97. The minimum Gasteiger partial charge on any atom is -0.423 e. The highest BCUT2D eigenvalue weighted by atomic mass is 32.5. The molecule has 0 saturated heterocycles. The molecule has 4 nitrogen and oxygen atoms in total. The Kier molecular flexibility index (Phi) is 6.78. The van der Waals surface area contributed by atoms with Crippen LogP contribution in [0.3, 0.4) is 0 Å². The van der Waals surface area contributed by atoms with E-state index < -0.39 is 6.49 Å². The lowest BCUT2D eigenvalue weighted by atomic mass is 10.4. The van der Waals surface area contributed by atoms with Gasteiger partial charge in [0, 0.05) is 12.2 Å². The second kappa shape index (κ2) is 8.10. The molecular weight excluding hydrogens is 281 g/mol. The third-order valence-corrected chi connectivity index (χ3v) is 5.21. The largest absolute Gasteiger partial charge is 0.423 e. The van der Waals surface area contributed by atoms with Gasteiger partial charge in [-0.15, -0.1) is 0 Å². The molecule has 0 N–H and O–H groups in total. The van der Waals surface area contributed by atoms with Gasteiger partial charge >= 0.3 is 0 Å². The van der Waals surface area contributed by atoms with Crippen LogP contribution in [0, 0.1) is 0 Å². The van der Waals surface area contributed by atoms with Crippen molar-refractivity contribution in [1.29, 1.82) is 0 Å². The topological polar surface area (TPSA) is 40.0 Å². The quantitative estimate of drug-likeness (QED) is 0.194. The van der Waals surface area contributed by atoms with Gasteiger partial charge in [0.1, 0.15) is 6.61 Å². The first-order chi connectivity index (χ1) is 9.12. The van der Waals surface area contributed by atoms with Gasteiger partial charge in [0.05, 0.1) is 6.61 Å². The highest BCUT2D eigenvalue weighted by molar-refractivity contribution is 8.13. The molecule has 1 rings (SSSR count). The Morgan fingerprint density at radius 1 is 1.42 bits per heavy atom. The van der Waals surface area contributed by atoms with Crippen LogP contribution in [0.2, 0.25) is 0 Å². The van der Waals surface area contributed by atoms with Crippen molar-refractivity contribution >= 4 is 29.5 Å². The fraction of sp³-hybridized carbons (Fsp3) is 0.308. The molecule has 0 aliphatic carbocycles. The van der Waals surface area contributed by atoms with E-state index in [1.165, 1.54) is 0 Å². The molecule has 0 spiro atoms. The maximum Gasteiger partial charge on any atom is 0.270 e. The number of benzene rings is 1. The van der Waals surface area contributed by atoms with E-state index in [2.05, 4.69) is 11.7 Å². The van der Waals surface area contributed by atoms with Crippen LogP contribution >= 0.6 is 6.49 Å². The molecule has 0 aliphatic rings. The number of oxime groups is 1. The van der Waals surface area contributed by atoms with Crippen molar-refractivity contribution < 1.29 is 13.9 Å². The molecular formula is C13H18NO3PS. The first kappa shape index (κ1) is 15.9. The smallest absolute Gasteiger partial charge is 0.270 e. The zero-order chi connectivity index (χ0) is 14.1. The molecule has 0 saturated carbocycles. The molecule has 0 aromatic heterocycles. The maximum atomic E-state index is 5.71. The molecule has 0 bridgehead atoms. The lowest BCUT2D eigenvalue weighted by Crippen LogP contribution is -2.12. The SMILES string of the molecule is C=CCON=C(C)OP(=S)(OCC)c1ccccc1. The first-order valence-corrected chi connectivity index (χ1v) is 8.53. The molecule has 104 valence electrons. The Labute approximate surface area is 119 Å². The van der Waals surface area contributed by atoms with Crippen molar-refractivity contribution in [3.63, 3.8) is 0 Å². The number of hydrogen-bond acceptors (Lipinski definition) is 5. The Hall–Kier alpha value is -1.16. The predicted molar refractivity (Wildman–Crippen MR) is 82.3 cm³/mol. The van der Waals surface area contributed by atoms with E-state index in [0.717, 1.165) is 5.30 Å². The van der Waals surface area contributed by atoms with E-state index in [9.17, 15) is 0 Å². The summed E-state index contributed by atoms with van der Waals surface area (Å²) in [7, 11) is 0. The predicted octanol–water partition coefficient (Wildman–Crippen LogP) is 3.21. The van der Waals surface area contributed by atoms with Crippen LogP contribution in [-0.2, 0) is 25.7 Å². The lowest BCUT2D eigenvalue weighted by Gasteiger charge is -2.21. The third kappa shape index (κ3) is 5.15. The van der Waals surface area contributed by atoms with Gasteiger partial charge in [-0.1, -0.05) is 36.0 Å². The van der Waals surface area contributed by atoms with Crippen molar-refractivity contribution in [3.8, 4) is 0 Å². The van der Waals surface area contributed by atoms with Crippen LogP contribution in [0.5, 0.6) is 0 Å². The van der Waals surface area contributed by atoms with Crippen LogP contribution in [0.15, 0.2) is 48.1 Å². The van der Waals surface area contributed by atoms with Gasteiger partial charge in [-0.25, -0.2) is 0 Å². The molecule has 1 aromatic carbocycles. The summed E-state index contributed by atoms with van der Waals surface area (Å²) in [5, 5.41) is 4.66. The first-order valence-electron chi connectivity index (χ1n) is 5.89. The summed E-state index contributed by atoms with van der Waals surface area (Å²) in [6.07, 6.45) is 1.60. The van der Waals surface area contributed by atoms with Gasteiger partial charge in [-0.3, -0.25) is 0 Å². The summed E-state index contributed by atoms with van der Waals surface area (Å²) in [5.74, 6) is 0.350. The minimum absolute atomic E-state index is 0.323. The van der Waals surface area contributed by atoms with E-state index in [1.807, 2.05) is 37.3 Å². The van der Waals surface area contributed by atoms with Crippen LogP contribution in [0.1, 0.15) is 13.8 Å². The number of hydrogen-bond donors (Lipinski definition) is 0. The van der Waals surface area contributed by atoms with Crippen LogP contribution in [0.25, 0.3) is 0 Å². The van der Waals surface area contributed by atoms with E-state index in [-0.39, 0.29) is 0 Å². The zero-order valence-corrected chi connectivity index (χ0v) is 12.8. The van der Waals surface area contributed by atoms with Crippen molar-refractivity contribution in [3.05, 3.63) is 43.0 Å². The highest BCUT2D eigenvalue weighted by Crippen LogP contribution is 2.47. The number of rotatable bonds is 7. The third-order valence-electron chi connectivity index (χ3n) is 2.01. The van der Waals surface area contributed by atoms with Gasteiger partial charge in [-0.05, 0) is 30.9 Å². The van der Waals surface area contributed by atoms with E-state index in [0.29, 0.717) is 19.1 Å². The van der Waals surface area contributed by atoms with E-state index in [1.54, 1.807) is 13.0 Å². The average molecular weight is 299 g/mol. The van der Waals surface area contributed by atoms with Crippen molar-refractivity contribution in [2.45, 2.75) is 13.8 Å². The second-order valence-electron chi connectivity index (χ2n) is 3.54. The second-order valence-corrected chi connectivity index (χ2v) is 6.93. The van der Waals surface area contributed by atoms with Gasteiger partial charge < -0.3 is 13.9 Å². The van der Waals surface area contributed by atoms with Gasteiger partial charge in [0.2, 0.25) is 5.90 Å². The summed E-state index contributed by atoms with van der Waals surface area (Å²) in [5.41, 5.74) is 0. The van der Waals surface area contributed by atoms with Crippen LogP contribution < -0.4 is 5.30 Å². The fourth-order valence-electron chi connectivity index (χ4n) is 1.31. The molecule has 0 heterocycles.